The number of aromatic nitrogens is 1. The van der Waals surface area contributed by atoms with E-state index in [0.29, 0.717) is 40.7 Å². The number of hydrogen-bond acceptors (Lipinski definition) is 5. The quantitative estimate of drug-likeness (QED) is 0.581. The standard InChI is InChI=1S/C28H29N3O4/c32-27(30-22-3-1-2-21(13-22)25-14-29-17-35-25)20-6-4-18(5-7-20)12-19-8-10-31(11-9-19)28(33)26-23-15-34-16-24(23)26/h1-7,13-14,17,19,23-24,26H,8-12,15-16H2,(H,30,32)/t23-,24+,26?. The third kappa shape index (κ3) is 4.60. The maximum atomic E-state index is 12.8. The zero-order chi connectivity index (χ0) is 23.8. The Morgan fingerprint density at radius 3 is 2.51 bits per heavy atom. The molecule has 1 N–H and O–H groups in total. The minimum atomic E-state index is -0.145. The molecular formula is C28H29N3O4. The molecule has 180 valence electrons. The molecular weight excluding hydrogens is 442 g/mol. The lowest BCUT2D eigenvalue weighted by molar-refractivity contribution is -0.135. The first kappa shape index (κ1) is 22.0. The topological polar surface area (TPSA) is 84.7 Å². The fourth-order valence-corrected chi connectivity index (χ4v) is 5.61. The van der Waals surface area contributed by atoms with Crippen molar-refractivity contribution in [3.05, 3.63) is 72.2 Å². The molecule has 1 saturated carbocycles. The van der Waals surface area contributed by atoms with Crippen LogP contribution in [0.15, 0.2) is 65.5 Å². The molecule has 3 aliphatic rings. The van der Waals surface area contributed by atoms with Gasteiger partial charge in [-0.15, -0.1) is 0 Å². The first-order chi connectivity index (χ1) is 17.2. The highest BCUT2D eigenvalue weighted by atomic mass is 16.5. The Morgan fingerprint density at radius 1 is 1.03 bits per heavy atom. The number of amides is 2. The molecule has 3 fully saturated rings. The number of hydrogen-bond donors (Lipinski definition) is 1. The molecule has 2 amide bonds. The number of piperidine rings is 1. The van der Waals surface area contributed by atoms with Crippen molar-refractivity contribution in [3.8, 4) is 11.3 Å². The van der Waals surface area contributed by atoms with Crippen molar-refractivity contribution in [3.63, 3.8) is 0 Å². The van der Waals surface area contributed by atoms with Gasteiger partial charge >= 0.3 is 0 Å². The Bertz CT molecular complexity index is 1190. The maximum Gasteiger partial charge on any atom is 0.255 e. The summed E-state index contributed by atoms with van der Waals surface area (Å²) in [5.41, 5.74) is 3.42. The van der Waals surface area contributed by atoms with E-state index < -0.39 is 0 Å². The van der Waals surface area contributed by atoms with Crippen molar-refractivity contribution in [1.29, 1.82) is 0 Å². The van der Waals surface area contributed by atoms with Crippen LogP contribution in [-0.4, -0.2) is 48.0 Å². The van der Waals surface area contributed by atoms with Crippen LogP contribution in [0.5, 0.6) is 0 Å². The lowest BCUT2D eigenvalue weighted by Crippen LogP contribution is -2.40. The maximum absolute atomic E-state index is 12.8. The summed E-state index contributed by atoms with van der Waals surface area (Å²) >= 11 is 0. The molecule has 3 heterocycles. The van der Waals surface area contributed by atoms with Crippen molar-refractivity contribution in [2.75, 3.05) is 31.6 Å². The van der Waals surface area contributed by atoms with E-state index in [2.05, 4.69) is 15.2 Å². The van der Waals surface area contributed by atoms with Gasteiger partial charge in [0.05, 0.1) is 19.4 Å². The molecule has 1 aliphatic carbocycles. The number of likely N-dealkylation sites (tertiary alicyclic amines) is 1. The Labute approximate surface area is 204 Å². The number of carbonyl (C=O) groups is 2. The number of ether oxygens (including phenoxy) is 1. The van der Waals surface area contributed by atoms with Gasteiger partial charge in [-0.25, -0.2) is 4.98 Å². The third-order valence-electron chi connectivity index (χ3n) is 7.74. The van der Waals surface area contributed by atoms with Crippen LogP contribution < -0.4 is 5.32 Å². The van der Waals surface area contributed by atoms with Gasteiger partial charge in [0.15, 0.2) is 12.2 Å². The minimum absolute atomic E-state index is 0.145. The van der Waals surface area contributed by atoms with Gasteiger partial charge < -0.3 is 19.4 Å². The molecule has 0 radical (unpaired) electrons. The van der Waals surface area contributed by atoms with Crippen molar-refractivity contribution in [2.45, 2.75) is 19.3 Å². The van der Waals surface area contributed by atoms with Gasteiger partial charge in [-0.2, -0.15) is 0 Å². The molecule has 2 aliphatic heterocycles. The van der Waals surface area contributed by atoms with Crippen LogP contribution in [0.2, 0.25) is 0 Å². The summed E-state index contributed by atoms with van der Waals surface area (Å²) in [5, 5.41) is 2.96. The Hall–Kier alpha value is -3.45. The lowest BCUT2D eigenvalue weighted by Gasteiger charge is -2.32. The molecule has 2 saturated heterocycles. The Morgan fingerprint density at radius 2 is 1.80 bits per heavy atom. The zero-order valence-electron chi connectivity index (χ0n) is 19.6. The summed E-state index contributed by atoms with van der Waals surface area (Å²) in [6.45, 7) is 3.24. The van der Waals surface area contributed by atoms with E-state index in [0.717, 1.165) is 51.1 Å². The third-order valence-corrected chi connectivity index (χ3v) is 7.74. The van der Waals surface area contributed by atoms with Crippen molar-refractivity contribution in [2.24, 2.45) is 23.7 Å². The van der Waals surface area contributed by atoms with Crippen LogP contribution in [-0.2, 0) is 16.0 Å². The van der Waals surface area contributed by atoms with E-state index in [4.69, 9.17) is 9.15 Å². The van der Waals surface area contributed by atoms with Gasteiger partial charge in [0, 0.05) is 35.8 Å². The van der Waals surface area contributed by atoms with E-state index in [9.17, 15) is 9.59 Å². The summed E-state index contributed by atoms with van der Waals surface area (Å²) in [7, 11) is 0. The second-order valence-electron chi connectivity index (χ2n) is 9.96. The van der Waals surface area contributed by atoms with Crippen molar-refractivity contribution in [1.82, 2.24) is 9.88 Å². The summed E-state index contributed by atoms with van der Waals surface area (Å²) in [6, 6.07) is 15.4. The minimum Gasteiger partial charge on any atom is -0.444 e. The highest BCUT2D eigenvalue weighted by Crippen LogP contribution is 2.51. The fourth-order valence-electron chi connectivity index (χ4n) is 5.61. The molecule has 3 aromatic rings. The molecule has 1 aromatic heterocycles. The van der Waals surface area contributed by atoms with E-state index in [1.165, 1.54) is 12.0 Å². The van der Waals surface area contributed by atoms with E-state index in [-0.39, 0.29) is 11.8 Å². The predicted octanol–water partition coefficient (Wildman–Crippen LogP) is 4.27. The second kappa shape index (κ2) is 9.30. The molecule has 7 nitrogen and oxygen atoms in total. The summed E-state index contributed by atoms with van der Waals surface area (Å²) < 4.78 is 10.8. The van der Waals surface area contributed by atoms with Crippen LogP contribution in [0, 0.1) is 23.7 Å². The van der Waals surface area contributed by atoms with E-state index in [1.807, 2.05) is 48.5 Å². The normalized spacial score (nSPS) is 23.7. The molecule has 3 atom stereocenters. The van der Waals surface area contributed by atoms with Crippen LogP contribution in [0.3, 0.4) is 0 Å². The Balaban J connectivity index is 1.00. The average molecular weight is 472 g/mol. The van der Waals surface area contributed by atoms with Gasteiger partial charge in [-0.05, 0) is 66.8 Å². The second-order valence-corrected chi connectivity index (χ2v) is 9.96. The predicted molar refractivity (Wildman–Crippen MR) is 131 cm³/mol. The number of carbonyl (C=O) groups excluding carboxylic acids is 2. The van der Waals surface area contributed by atoms with E-state index in [1.54, 1.807) is 6.20 Å². The molecule has 2 aromatic carbocycles. The Kier molecular flexibility index (Phi) is 5.86. The summed E-state index contributed by atoms with van der Waals surface area (Å²) in [4.78, 5) is 31.5. The van der Waals surface area contributed by atoms with E-state index >= 15 is 0 Å². The summed E-state index contributed by atoms with van der Waals surface area (Å²) in [5.74, 6) is 2.62. The van der Waals surface area contributed by atoms with Crippen LogP contribution >= 0.6 is 0 Å². The summed E-state index contributed by atoms with van der Waals surface area (Å²) in [6.07, 6.45) is 6.08. The lowest BCUT2D eigenvalue weighted by atomic mass is 9.89. The first-order valence-electron chi connectivity index (χ1n) is 12.4. The van der Waals surface area contributed by atoms with Crippen molar-refractivity contribution >= 4 is 17.5 Å². The van der Waals surface area contributed by atoms with Gasteiger partial charge in [0.25, 0.3) is 5.91 Å². The molecule has 35 heavy (non-hydrogen) atoms. The highest BCUT2D eigenvalue weighted by Gasteiger charge is 2.58. The highest BCUT2D eigenvalue weighted by molar-refractivity contribution is 6.04. The van der Waals surface area contributed by atoms with Gasteiger partial charge in [0.2, 0.25) is 5.91 Å². The number of nitrogens with one attached hydrogen (secondary N) is 1. The van der Waals surface area contributed by atoms with Crippen LogP contribution in [0.1, 0.15) is 28.8 Å². The SMILES string of the molecule is O=C(Nc1cccc(-c2cnco2)c1)c1ccc(CC2CCN(C(=O)C3[C@H]4COC[C@@H]34)CC2)cc1. The molecule has 1 unspecified atom stereocenters. The monoisotopic (exact) mass is 471 g/mol. The van der Waals surface area contributed by atoms with Crippen LogP contribution in [0.25, 0.3) is 11.3 Å². The number of rotatable bonds is 6. The van der Waals surface area contributed by atoms with Gasteiger partial charge in [-0.3, -0.25) is 9.59 Å². The fraction of sp³-hybridized carbons (Fsp3) is 0.393. The van der Waals surface area contributed by atoms with Gasteiger partial charge in [0.1, 0.15) is 0 Å². The molecule has 0 spiro atoms. The zero-order valence-corrected chi connectivity index (χ0v) is 19.6. The molecule has 6 rings (SSSR count). The van der Waals surface area contributed by atoms with Crippen LogP contribution in [0.4, 0.5) is 5.69 Å². The number of fused-ring (bicyclic) bond motifs is 1. The number of benzene rings is 2. The first-order valence-corrected chi connectivity index (χ1v) is 12.4. The molecule has 7 heteroatoms. The molecule has 0 bridgehead atoms. The smallest absolute Gasteiger partial charge is 0.255 e. The largest absolute Gasteiger partial charge is 0.444 e. The van der Waals surface area contributed by atoms with Gasteiger partial charge in [-0.1, -0.05) is 24.3 Å². The van der Waals surface area contributed by atoms with Crippen molar-refractivity contribution < 1.29 is 18.7 Å². The average Bonchev–Trinajstić information content (AvgIpc) is 3.27. The number of oxazole rings is 1. The number of nitrogens with zero attached hydrogens (tertiary/aromatic N) is 2. The number of anilines is 1.